The highest BCUT2D eigenvalue weighted by Crippen LogP contribution is 2.43. The Morgan fingerprint density at radius 3 is 2.56 bits per heavy atom. The van der Waals surface area contributed by atoms with Crippen molar-refractivity contribution in [2.24, 2.45) is 0 Å². The fourth-order valence-corrected chi connectivity index (χ4v) is 5.33. The molecule has 0 aliphatic rings. The maximum absolute atomic E-state index is 13.3. The molecule has 2 heterocycles. The van der Waals surface area contributed by atoms with Crippen molar-refractivity contribution in [3.63, 3.8) is 0 Å². The molecule has 2 atom stereocenters. The lowest BCUT2D eigenvalue weighted by Gasteiger charge is -2.25. The van der Waals surface area contributed by atoms with E-state index < -0.39 is 24.9 Å². The number of hydrogen-bond acceptors (Lipinski definition) is 6. The van der Waals surface area contributed by atoms with Crippen molar-refractivity contribution in [2.75, 3.05) is 13.3 Å². The van der Waals surface area contributed by atoms with Gasteiger partial charge in [-0.25, -0.2) is 9.67 Å². The fraction of sp³-hybridized carbons (Fsp3) is 0.167. The van der Waals surface area contributed by atoms with Gasteiger partial charge in [0.1, 0.15) is 5.56 Å². The maximum atomic E-state index is 13.3. The van der Waals surface area contributed by atoms with Crippen molar-refractivity contribution in [2.45, 2.75) is 13.0 Å². The summed E-state index contributed by atoms with van der Waals surface area (Å²) in [6.07, 6.45) is 4.39. The van der Waals surface area contributed by atoms with Crippen LogP contribution in [0.25, 0.3) is 5.95 Å². The number of nitrogens with zero attached hydrogens (tertiary/aromatic N) is 3. The quantitative estimate of drug-likeness (QED) is 0.377. The topological polar surface area (TPSA) is 119 Å². The van der Waals surface area contributed by atoms with Crippen LogP contribution in [0.1, 0.15) is 34.5 Å². The molecule has 0 spiro atoms. The number of amides is 1. The highest BCUT2D eigenvalue weighted by molar-refractivity contribution is 7.66. The third-order valence-electron chi connectivity index (χ3n) is 5.22. The second kappa shape index (κ2) is 9.99. The van der Waals surface area contributed by atoms with Crippen molar-refractivity contribution in [1.82, 2.24) is 25.1 Å². The van der Waals surface area contributed by atoms with Crippen molar-refractivity contribution in [1.29, 1.82) is 0 Å². The van der Waals surface area contributed by atoms with Gasteiger partial charge in [-0.2, -0.15) is 5.10 Å². The highest BCUT2D eigenvalue weighted by atomic mass is 31.2. The molecule has 0 aliphatic heterocycles. The second-order valence-corrected chi connectivity index (χ2v) is 9.97. The van der Waals surface area contributed by atoms with Crippen LogP contribution in [0.3, 0.4) is 0 Å². The largest absolute Gasteiger partial charge is 0.341 e. The SMILES string of the molecule is CCOP(C)(=O)c1ccccc1[C@H](NC(=O)c1cnc(-n2cccn2)[nH]c1=O)c1ccccc1. The van der Waals surface area contributed by atoms with Gasteiger partial charge in [-0.3, -0.25) is 19.1 Å². The molecule has 9 nitrogen and oxygen atoms in total. The molecular formula is C24H24N5O4P. The summed E-state index contributed by atoms with van der Waals surface area (Å²) < 4.78 is 20.3. The number of carbonyl (C=O) groups excluding carboxylic acids is 1. The van der Waals surface area contributed by atoms with Crippen LogP contribution >= 0.6 is 7.37 Å². The molecule has 1 amide bonds. The number of aromatic amines is 1. The summed E-state index contributed by atoms with van der Waals surface area (Å²) in [7, 11) is -3.16. The zero-order chi connectivity index (χ0) is 24.1. The molecule has 174 valence electrons. The third-order valence-corrected chi connectivity index (χ3v) is 7.25. The molecule has 0 saturated carbocycles. The fourth-order valence-electron chi connectivity index (χ4n) is 3.67. The predicted octanol–water partition coefficient (Wildman–Crippen LogP) is 3.04. The first kappa shape index (κ1) is 23.4. The Morgan fingerprint density at radius 1 is 1.15 bits per heavy atom. The summed E-state index contributed by atoms with van der Waals surface area (Å²) in [4.78, 5) is 32.6. The molecule has 2 aromatic heterocycles. The van der Waals surface area contributed by atoms with E-state index in [1.54, 1.807) is 56.3 Å². The highest BCUT2D eigenvalue weighted by Gasteiger charge is 2.28. The summed E-state index contributed by atoms with van der Waals surface area (Å²) in [6.45, 7) is 3.62. The molecule has 0 saturated heterocycles. The van der Waals surface area contributed by atoms with Crippen molar-refractivity contribution >= 4 is 18.6 Å². The molecule has 2 N–H and O–H groups in total. The lowest BCUT2D eigenvalue weighted by atomic mass is 9.98. The molecule has 2 aromatic carbocycles. The van der Waals surface area contributed by atoms with Gasteiger partial charge in [0.05, 0.1) is 12.6 Å². The van der Waals surface area contributed by atoms with Crippen LogP contribution in [0, 0.1) is 0 Å². The van der Waals surface area contributed by atoms with Gasteiger partial charge in [-0.1, -0.05) is 48.5 Å². The van der Waals surface area contributed by atoms with E-state index in [1.807, 2.05) is 30.3 Å². The minimum absolute atomic E-state index is 0.154. The van der Waals surface area contributed by atoms with E-state index in [9.17, 15) is 14.2 Å². The van der Waals surface area contributed by atoms with Crippen LogP contribution in [0.15, 0.2) is 84.0 Å². The van der Waals surface area contributed by atoms with Gasteiger partial charge < -0.3 is 9.84 Å². The zero-order valence-electron chi connectivity index (χ0n) is 18.7. The summed E-state index contributed by atoms with van der Waals surface area (Å²) in [5.41, 5.74) is 0.628. The maximum Gasteiger partial charge on any atom is 0.265 e. The first-order chi connectivity index (χ1) is 16.4. The van der Waals surface area contributed by atoms with Gasteiger partial charge in [0.15, 0.2) is 0 Å². The second-order valence-electron chi connectivity index (χ2n) is 7.54. The average molecular weight is 477 g/mol. The summed E-state index contributed by atoms with van der Waals surface area (Å²) in [6, 6.07) is 17.4. The lowest BCUT2D eigenvalue weighted by Crippen LogP contribution is -2.36. The third kappa shape index (κ3) is 4.90. The number of hydrogen-bond donors (Lipinski definition) is 2. The molecule has 4 rings (SSSR count). The molecule has 0 radical (unpaired) electrons. The van der Waals surface area contributed by atoms with E-state index in [2.05, 4.69) is 20.4 Å². The van der Waals surface area contributed by atoms with Crippen LogP contribution in [0.4, 0.5) is 0 Å². The Hall–Kier alpha value is -3.81. The Morgan fingerprint density at radius 2 is 1.88 bits per heavy atom. The van der Waals surface area contributed by atoms with E-state index in [1.165, 1.54) is 10.9 Å². The van der Waals surface area contributed by atoms with Crippen LogP contribution < -0.4 is 16.2 Å². The van der Waals surface area contributed by atoms with Crippen LogP contribution in [0.2, 0.25) is 0 Å². The van der Waals surface area contributed by atoms with Crippen LogP contribution in [0.5, 0.6) is 0 Å². The molecule has 0 fully saturated rings. The molecular weight excluding hydrogens is 453 g/mol. The standard InChI is InChI=1S/C24H24N5O4P/c1-3-33-34(2,32)20-13-8-7-12-18(20)21(17-10-5-4-6-11-17)27-22(30)19-16-25-24(28-23(19)31)29-15-9-14-26-29/h4-16,21H,3H2,1-2H3,(H,27,30)(H,25,28,31)/t21-,34?/m1/s1. The Kier molecular flexibility index (Phi) is 6.86. The lowest BCUT2D eigenvalue weighted by molar-refractivity contribution is 0.0941. The number of aromatic nitrogens is 4. The van der Waals surface area contributed by atoms with Gasteiger partial charge in [-0.15, -0.1) is 0 Å². The van der Waals surface area contributed by atoms with Gasteiger partial charge in [0.25, 0.3) is 11.5 Å². The number of rotatable bonds is 8. The number of carbonyl (C=O) groups is 1. The first-order valence-corrected chi connectivity index (χ1v) is 12.7. The number of benzene rings is 2. The van der Waals surface area contributed by atoms with E-state index >= 15 is 0 Å². The van der Waals surface area contributed by atoms with Crippen molar-refractivity contribution < 1.29 is 13.9 Å². The Bertz CT molecular complexity index is 1390. The summed E-state index contributed by atoms with van der Waals surface area (Å²) in [5.74, 6) is -0.424. The summed E-state index contributed by atoms with van der Waals surface area (Å²) >= 11 is 0. The molecule has 4 aromatic rings. The van der Waals surface area contributed by atoms with Crippen molar-refractivity contribution in [3.05, 3.63) is 106 Å². The number of nitrogens with one attached hydrogen (secondary N) is 2. The van der Waals surface area contributed by atoms with E-state index in [-0.39, 0.29) is 18.1 Å². The predicted molar refractivity (Wildman–Crippen MR) is 129 cm³/mol. The first-order valence-electron chi connectivity index (χ1n) is 10.7. The molecule has 0 aliphatic carbocycles. The van der Waals surface area contributed by atoms with Crippen molar-refractivity contribution in [3.8, 4) is 5.95 Å². The minimum Gasteiger partial charge on any atom is -0.341 e. The van der Waals surface area contributed by atoms with Gasteiger partial charge in [-0.05, 0) is 30.2 Å². The smallest absolute Gasteiger partial charge is 0.265 e. The number of H-pyrrole nitrogens is 1. The van der Waals surface area contributed by atoms with Crippen LogP contribution in [-0.4, -0.2) is 38.9 Å². The summed E-state index contributed by atoms with van der Waals surface area (Å²) in [5, 5.41) is 7.45. The molecule has 10 heteroatoms. The molecule has 1 unspecified atom stereocenters. The van der Waals surface area contributed by atoms with Gasteiger partial charge in [0.2, 0.25) is 13.3 Å². The Balaban J connectivity index is 1.73. The van der Waals surface area contributed by atoms with Gasteiger partial charge >= 0.3 is 0 Å². The van der Waals surface area contributed by atoms with E-state index in [0.717, 1.165) is 5.56 Å². The minimum atomic E-state index is -3.16. The zero-order valence-corrected chi connectivity index (χ0v) is 19.6. The average Bonchev–Trinajstić information content (AvgIpc) is 3.38. The molecule has 0 bridgehead atoms. The van der Waals surface area contributed by atoms with E-state index in [4.69, 9.17) is 4.52 Å². The van der Waals surface area contributed by atoms with Crippen LogP contribution in [-0.2, 0) is 9.09 Å². The monoisotopic (exact) mass is 477 g/mol. The van der Waals surface area contributed by atoms with E-state index in [0.29, 0.717) is 10.9 Å². The Labute approximate surface area is 196 Å². The molecule has 34 heavy (non-hydrogen) atoms. The normalized spacial score (nSPS) is 13.7. The van der Waals surface area contributed by atoms with Gasteiger partial charge in [0, 0.05) is 30.6 Å².